The summed E-state index contributed by atoms with van der Waals surface area (Å²) in [6.07, 6.45) is 1.93. The molecule has 0 amide bonds. The molecule has 0 aliphatic carbocycles. The molecule has 3 aromatic heterocycles. The largest absolute Gasteiger partial charge is 0.256 e. The highest BCUT2D eigenvalue weighted by molar-refractivity contribution is 5.89. The first kappa shape index (κ1) is 34.5. The lowest BCUT2D eigenvalue weighted by Gasteiger charge is -2.11. The quantitative estimate of drug-likeness (QED) is 0.154. The van der Waals surface area contributed by atoms with Gasteiger partial charge in [0, 0.05) is 50.5 Å². The van der Waals surface area contributed by atoms with Gasteiger partial charge in [0.2, 0.25) is 0 Å². The molecule has 10 aromatic rings. The van der Waals surface area contributed by atoms with Crippen molar-refractivity contribution in [2.24, 2.45) is 0 Å². The van der Waals surface area contributed by atoms with Crippen LogP contribution in [0.15, 0.2) is 206 Å². The summed E-state index contributed by atoms with van der Waals surface area (Å²) in [5.74, 6) is 2.57. The monoisotopic (exact) mass is 742 g/mol. The number of fused-ring (bicyclic) bond motifs is 1. The molecule has 272 valence electrons. The van der Waals surface area contributed by atoms with Gasteiger partial charge in [0.15, 0.2) is 23.3 Å². The van der Waals surface area contributed by atoms with Gasteiger partial charge in [-0.25, -0.2) is 24.9 Å². The molecule has 0 bridgehead atoms. The first-order valence-corrected chi connectivity index (χ1v) is 19.2. The number of aromatic nitrogens is 6. The number of hydrogen-bond acceptors (Lipinski definition) is 6. The van der Waals surface area contributed by atoms with Crippen molar-refractivity contribution in [3.63, 3.8) is 0 Å². The summed E-state index contributed by atoms with van der Waals surface area (Å²) in [6, 6.07) is 68.1. The second-order valence-electron chi connectivity index (χ2n) is 14.0. The van der Waals surface area contributed by atoms with E-state index in [2.05, 4.69) is 91.0 Å². The van der Waals surface area contributed by atoms with E-state index in [1.54, 1.807) is 0 Å². The lowest BCUT2D eigenvalue weighted by atomic mass is 9.98. The van der Waals surface area contributed by atoms with Gasteiger partial charge in [0.05, 0.1) is 16.9 Å². The van der Waals surface area contributed by atoms with Crippen LogP contribution in [0.25, 0.3) is 101 Å². The summed E-state index contributed by atoms with van der Waals surface area (Å²) in [5.41, 5.74) is 12.7. The fourth-order valence-corrected chi connectivity index (χ4v) is 7.17. The Hall–Kier alpha value is -7.96. The molecule has 0 unspecified atom stereocenters. The summed E-state index contributed by atoms with van der Waals surface area (Å²) in [6.45, 7) is 0. The van der Waals surface area contributed by atoms with Crippen LogP contribution in [0.3, 0.4) is 0 Å². The highest BCUT2D eigenvalue weighted by Crippen LogP contribution is 2.33. The van der Waals surface area contributed by atoms with Gasteiger partial charge in [0.1, 0.15) is 0 Å². The second kappa shape index (κ2) is 15.3. The maximum absolute atomic E-state index is 5.07. The van der Waals surface area contributed by atoms with Crippen LogP contribution in [0.2, 0.25) is 0 Å². The Bertz CT molecular complexity index is 2720. The normalized spacial score (nSPS) is 11.1. The van der Waals surface area contributed by atoms with E-state index in [0.29, 0.717) is 23.3 Å². The van der Waals surface area contributed by atoms with E-state index < -0.39 is 0 Å². The fraction of sp³-hybridized carbons (Fsp3) is 0. The molecule has 0 radical (unpaired) electrons. The first-order chi connectivity index (χ1) is 28.7. The highest BCUT2D eigenvalue weighted by atomic mass is 15.0. The lowest BCUT2D eigenvalue weighted by Crippen LogP contribution is -2.00. The van der Waals surface area contributed by atoms with Crippen LogP contribution < -0.4 is 0 Å². The van der Waals surface area contributed by atoms with Crippen molar-refractivity contribution < 1.29 is 0 Å². The number of pyridine rings is 1. The minimum Gasteiger partial charge on any atom is -0.256 e. The maximum Gasteiger partial charge on any atom is 0.164 e. The molecule has 3 heterocycles. The Labute approximate surface area is 336 Å². The maximum atomic E-state index is 5.07. The van der Waals surface area contributed by atoms with Crippen LogP contribution in [0.5, 0.6) is 0 Å². The molecule has 0 spiro atoms. The highest BCUT2D eigenvalue weighted by Gasteiger charge is 2.15. The number of nitrogens with zero attached hydrogens (tertiary/aromatic N) is 6. The van der Waals surface area contributed by atoms with Gasteiger partial charge in [0.25, 0.3) is 0 Å². The Balaban J connectivity index is 1.00. The third-order valence-corrected chi connectivity index (χ3v) is 10.2. The fourth-order valence-electron chi connectivity index (χ4n) is 7.17. The molecular formula is C52H34N6. The van der Waals surface area contributed by atoms with Crippen LogP contribution in [-0.2, 0) is 0 Å². The molecule has 7 aromatic carbocycles. The molecule has 0 aliphatic rings. The smallest absolute Gasteiger partial charge is 0.164 e. The SMILES string of the molecule is c1ccc(-c2cc(-c3cccc(-c4ccc5ncc(-c6cccc(-c7nc(-c8ccccc8)nc(-c8ccccc8)n7)c6)cc5c4)c3)nc(-c3ccccc3)n2)cc1. The number of benzene rings is 7. The average Bonchev–Trinajstić information content (AvgIpc) is 3.32. The molecule has 10 rings (SSSR count). The van der Waals surface area contributed by atoms with E-state index in [-0.39, 0.29) is 0 Å². The third-order valence-electron chi connectivity index (χ3n) is 10.2. The van der Waals surface area contributed by atoms with Gasteiger partial charge in [-0.1, -0.05) is 164 Å². The molecule has 0 atom stereocenters. The zero-order valence-electron chi connectivity index (χ0n) is 31.3. The van der Waals surface area contributed by atoms with E-state index in [0.717, 1.165) is 77.9 Å². The minimum atomic E-state index is 0.612. The summed E-state index contributed by atoms with van der Waals surface area (Å²) >= 11 is 0. The van der Waals surface area contributed by atoms with Crippen molar-refractivity contribution >= 4 is 10.9 Å². The summed E-state index contributed by atoms with van der Waals surface area (Å²) in [4.78, 5) is 29.7. The van der Waals surface area contributed by atoms with Gasteiger partial charge in [-0.05, 0) is 53.1 Å². The molecule has 6 nitrogen and oxygen atoms in total. The molecule has 0 aliphatic heterocycles. The lowest BCUT2D eigenvalue weighted by molar-refractivity contribution is 1.07. The standard InChI is InChI=1S/C52H34N6/c1-5-15-35(16-6-1)47-33-48(55-49(54-47)36-17-7-2-8-18-36)42-25-13-23-39(29-42)41-27-28-46-44(31-41)32-45(34-53-46)40-24-14-26-43(30-40)52-57-50(37-19-9-3-10-20-37)56-51(58-52)38-21-11-4-12-22-38/h1-34H. The molecule has 0 N–H and O–H groups in total. The van der Waals surface area contributed by atoms with Crippen molar-refractivity contribution in [2.45, 2.75) is 0 Å². The average molecular weight is 743 g/mol. The summed E-state index contributed by atoms with van der Waals surface area (Å²) in [5, 5.41) is 1.04. The zero-order valence-corrected chi connectivity index (χ0v) is 31.3. The van der Waals surface area contributed by atoms with Gasteiger partial charge in [-0.15, -0.1) is 0 Å². The second-order valence-corrected chi connectivity index (χ2v) is 14.0. The molecular weight excluding hydrogens is 709 g/mol. The van der Waals surface area contributed by atoms with E-state index >= 15 is 0 Å². The molecule has 0 fully saturated rings. The van der Waals surface area contributed by atoms with Gasteiger partial charge in [-0.2, -0.15) is 0 Å². The zero-order chi connectivity index (χ0) is 38.7. The van der Waals surface area contributed by atoms with E-state index in [9.17, 15) is 0 Å². The Morgan fingerprint density at radius 3 is 1.22 bits per heavy atom. The van der Waals surface area contributed by atoms with E-state index in [1.807, 2.05) is 115 Å². The Morgan fingerprint density at radius 2 is 0.638 bits per heavy atom. The van der Waals surface area contributed by atoms with Crippen LogP contribution in [0.4, 0.5) is 0 Å². The van der Waals surface area contributed by atoms with Crippen molar-refractivity contribution in [2.75, 3.05) is 0 Å². The number of rotatable bonds is 8. The van der Waals surface area contributed by atoms with Crippen LogP contribution in [0.1, 0.15) is 0 Å². The summed E-state index contributed by atoms with van der Waals surface area (Å²) < 4.78 is 0. The molecule has 0 saturated carbocycles. The van der Waals surface area contributed by atoms with E-state index in [1.165, 1.54) is 0 Å². The number of hydrogen-bond donors (Lipinski definition) is 0. The van der Waals surface area contributed by atoms with Crippen LogP contribution in [-0.4, -0.2) is 29.9 Å². The Morgan fingerprint density at radius 1 is 0.241 bits per heavy atom. The predicted octanol–water partition coefficient (Wildman–Crippen LogP) is 12.5. The van der Waals surface area contributed by atoms with Crippen molar-refractivity contribution in [1.29, 1.82) is 0 Å². The van der Waals surface area contributed by atoms with Crippen molar-refractivity contribution in [1.82, 2.24) is 29.9 Å². The van der Waals surface area contributed by atoms with Crippen LogP contribution in [0, 0.1) is 0 Å². The van der Waals surface area contributed by atoms with Gasteiger partial charge < -0.3 is 0 Å². The van der Waals surface area contributed by atoms with E-state index in [4.69, 9.17) is 29.9 Å². The third kappa shape index (κ3) is 7.14. The summed E-state index contributed by atoms with van der Waals surface area (Å²) in [7, 11) is 0. The first-order valence-electron chi connectivity index (χ1n) is 19.2. The van der Waals surface area contributed by atoms with Gasteiger partial charge >= 0.3 is 0 Å². The van der Waals surface area contributed by atoms with Crippen molar-refractivity contribution in [3.05, 3.63) is 206 Å². The predicted molar refractivity (Wildman–Crippen MR) is 234 cm³/mol. The van der Waals surface area contributed by atoms with Crippen molar-refractivity contribution in [3.8, 4) is 90.3 Å². The van der Waals surface area contributed by atoms with Crippen LogP contribution >= 0.6 is 0 Å². The Kier molecular flexibility index (Phi) is 9.10. The molecule has 58 heavy (non-hydrogen) atoms. The molecule has 6 heteroatoms. The molecule has 0 saturated heterocycles. The minimum absolute atomic E-state index is 0.612. The van der Waals surface area contributed by atoms with Gasteiger partial charge in [-0.3, -0.25) is 4.98 Å². The topological polar surface area (TPSA) is 77.3 Å².